The molecule has 5 nitrogen and oxygen atoms in total. The maximum Gasteiger partial charge on any atom is 0.258 e. The zero-order chi connectivity index (χ0) is 20.8. The third-order valence-electron chi connectivity index (χ3n) is 4.41. The number of nitrogens with zero attached hydrogens (tertiary/aromatic N) is 1. The molecule has 0 saturated carbocycles. The first kappa shape index (κ1) is 22.4. The molecule has 0 aliphatic carbocycles. The number of hydrogen-bond acceptors (Lipinski definition) is 5. The highest BCUT2D eigenvalue weighted by Crippen LogP contribution is 2.35. The summed E-state index contributed by atoms with van der Waals surface area (Å²) in [7, 11) is 1.60. The Balaban J connectivity index is 2.56. The highest BCUT2D eigenvalue weighted by Gasteiger charge is 2.22. The number of benzene rings is 1. The predicted molar refractivity (Wildman–Crippen MR) is 119 cm³/mol. The molecule has 1 aromatic carbocycles. The van der Waals surface area contributed by atoms with E-state index in [1.165, 1.54) is 0 Å². The number of pyridine rings is 1. The second-order valence-corrected chi connectivity index (χ2v) is 8.09. The fourth-order valence-corrected chi connectivity index (χ4v) is 4.06. The molecular weight excluding hydrogens is 394 g/mol. The summed E-state index contributed by atoms with van der Waals surface area (Å²) in [4.78, 5) is 17.2. The molecule has 0 fully saturated rings. The van der Waals surface area contributed by atoms with Gasteiger partial charge in [-0.05, 0) is 62.8 Å². The molecule has 2 rings (SSSR count). The molecule has 1 amide bonds. The molecule has 1 aromatic heterocycles. The summed E-state index contributed by atoms with van der Waals surface area (Å²) in [5, 5.41) is 6.85. The summed E-state index contributed by atoms with van der Waals surface area (Å²) in [6.07, 6.45) is 3.02. The van der Waals surface area contributed by atoms with E-state index < -0.39 is 0 Å². The van der Waals surface area contributed by atoms with Crippen LogP contribution >= 0.6 is 23.4 Å². The molecule has 1 heterocycles. The summed E-state index contributed by atoms with van der Waals surface area (Å²) in [5.41, 5.74) is 3.68. The maximum atomic E-state index is 12.7. The molecule has 2 aromatic rings. The number of carbonyl (C=O) groups excluding carboxylic acids is 1. The Morgan fingerprint density at radius 1 is 1.25 bits per heavy atom. The van der Waals surface area contributed by atoms with Gasteiger partial charge in [-0.1, -0.05) is 18.5 Å². The van der Waals surface area contributed by atoms with Crippen molar-refractivity contribution in [3.8, 4) is 11.6 Å². The second-order valence-electron chi connectivity index (χ2n) is 6.75. The number of aromatic nitrogens is 1. The SMILES string of the molecule is CCC(CSC)Nc1cc(C)nc(Oc2c(C)cc(Cl)cc2C)c1C(=O)NC. The monoisotopic (exact) mass is 421 g/mol. The van der Waals surface area contributed by atoms with Crippen molar-refractivity contribution in [3.05, 3.63) is 45.6 Å². The number of nitrogens with one attached hydrogen (secondary N) is 2. The minimum absolute atomic E-state index is 0.242. The lowest BCUT2D eigenvalue weighted by Crippen LogP contribution is -2.26. The Morgan fingerprint density at radius 2 is 1.89 bits per heavy atom. The molecular formula is C21H28ClN3O2S. The van der Waals surface area contributed by atoms with Crippen molar-refractivity contribution in [1.29, 1.82) is 0 Å². The van der Waals surface area contributed by atoms with E-state index in [0.29, 0.717) is 16.3 Å². The van der Waals surface area contributed by atoms with E-state index in [0.717, 1.165) is 34.7 Å². The fraction of sp³-hybridized carbons (Fsp3) is 0.429. The van der Waals surface area contributed by atoms with Gasteiger partial charge in [0.1, 0.15) is 11.3 Å². The molecule has 0 radical (unpaired) electrons. The molecule has 2 N–H and O–H groups in total. The first-order valence-corrected chi connectivity index (χ1v) is 11.0. The zero-order valence-corrected chi connectivity index (χ0v) is 18.8. The lowest BCUT2D eigenvalue weighted by atomic mass is 10.1. The quantitative estimate of drug-likeness (QED) is 0.600. The largest absolute Gasteiger partial charge is 0.438 e. The van der Waals surface area contributed by atoms with Crippen molar-refractivity contribution >= 4 is 35.0 Å². The van der Waals surface area contributed by atoms with Gasteiger partial charge in [0.05, 0.1) is 5.69 Å². The van der Waals surface area contributed by atoms with Gasteiger partial charge in [-0.15, -0.1) is 0 Å². The van der Waals surface area contributed by atoms with E-state index in [1.54, 1.807) is 18.8 Å². The smallest absolute Gasteiger partial charge is 0.258 e. The van der Waals surface area contributed by atoms with Gasteiger partial charge >= 0.3 is 0 Å². The number of thioether (sulfide) groups is 1. The van der Waals surface area contributed by atoms with E-state index in [9.17, 15) is 4.79 Å². The van der Waals surface area contributed by atoms with Crippen molar-refractivity contribution in [2.24, 2.45) is 0 Å². The molecule has 7 heteroatoms. The first-order valence-electron chi connectivity index (χ1n) is 9.24. The molecule has 0 bridgehead atoms. The van der Waals surface area contributed by atoms with Crippen LogP contribution in [0.1, 0.15) is 40.5 Å². The zero-order valence-electron chi connectivity index (χ0n) is 17.3. The Hall–Kier alpha value is -1.92. The molecule has 28 heavy (non-hydrogen) atoms. The normalized spacial score (nSPS) is 11.8. The van der Waals surface area contributed by atoms with Gasteiger partial charge in [0.15, 0.2) is 0 Å². The molecule has 0 aliphatic heterocycles. The second kappa shape index (κ2) is 10.0. The van der Waals surface area contributed by atoms with Gasteiger partial charge in [0, 0.05) is 29.6 Å². The van der Waals surface area contributed by atoms with Crippen molar-refractivity contribution in [2.45, 2.75) is 40.2 Å². The first-order chi connectivity index (χ1) is 13.3. The lowest BCUT2D eigenvalue weighted by molar-refractivity contribution is 0.0961. The number of aryl methyl sites for hydroxylation is 3. The van der Waals surface area contributed by atoms with E-state index in [4.69, 9.17) is 16.3 Å². The van der Waals surface area contributed by atoms with Crippen molar-refractivity contribution < 1.29 is 9.53 Å². The Morgan fingerprint density at radius 3 is 2.43 bits per heavy atom. The van der Waals surface area contributed by atoms with Crippen molar-refractivity contribution in [3.63, 3.8) is 0 Å². The van der Waals surface area contributed by atoms with Crippen LogP contribution in [0.25, 0.3) is 0 Å². The van der Waals surface area contributed by atoms with Gasteiger partial charge in [-0.2, -0.15) is 11.8 Å². The van der Waals surface area contributed by atoms with E-state index in [1.807, 2.05) is 39.0 Å². The summed E-state index contributed by atoms with van der Waals surface area (Å²) in [6.45, 7) is 7.87. The Kier molecular flexibility index (Phi) is 8.01. The van der Waals surface area contributed by atoms with Crippen LogP contribution in [0.3, 0.4) is 0 Å². The van der Waals surface area contributed by atoms with E-state index in [-0.39, 0.29) is 17.8 Å². The van der Waals surface area contributed by atoms with Crippen LogP contribution in [0.5, 0.6) is 11.6 Å². The minimum atomic E-state index is -0.242. The Bertz CT molecular complexity index is 835. The predicted octanol–water partition coefficient (Wildman–Crippen LogP) is 5.37. The van der Waals surface area contributed by atoms with E-state index in [2.05, 4.69) is 28.8 Å². The molecule has 1 atom stereocenters. The fourth-order valence-electron chi connectivity index (χ4n) is 3.01. The minimum Gasteiger partial charge on any atom is -0.438 e. The van der Waals surface area contributed by atoms with Gasteiger partial charge in [-0.3, -0.25) is 4.79 Å². The summed E-state index contributed by atoms with van der Waals surface area (Å²) < 4.78 is 6.17. The van der Waals surface area contributed by atoms with Crippen LogP contribution in [0.4, 0.5) is 5.69 Å². The standard InChI is InChI=1S/C21H28ClN3O2S/c1-7-16(11-28-6)25-17-10-14(4)24-21(18(17)20(26)23-5)27-19-12(2)8-15(22)9-13(19)3/h8-10,16H,7,11H2,1-6H3,(H,23,26)(H,24,25). The molecule has 0 aliphatic rings. The van der Waals surface area contributed by atoms with E-state index >= 15 is 0 Å². The van der Waals surface area contributed by atoms with Gasteiger partial charge in [0.25, 0.3) is 5.91 Å². The lowest BCUT2D eigenvalue weighted by Gasteiger charge is -2.22. The molecule has 0 saturated heterocycles. The third kappa shape index (κ3) is 5.32. The average molecular weight is 422 g/mol. The molecule has 0 spiro atoms. The summed E-state index contributed by atoms with van der Waals surface area (Å²) in [5.74, 6) is 1.65. The number of rotatable bonds is 8. The van der Waals surface area contributed by atoms with Gasteiger partial charge < -0.3 is 15.4 Å². The van der Waals surface area contributed by atoms with Crippen molar-refractivity contribution in [2.75, 3.05) is 24.4 Å². The number of carbonyl (C=O) groups is 1. The van der Waals surface area contributed by atoms with Crippen LogP contribution in [-0.4, -0.2) is 36.0 Å². The van der Waals surface area contributed by atoms with Gasteiger partial charge in [-0.25, -0.2) is 4.98 Å². The topological polar surface area (TPSA) is 63.3 Å². The number of hydrogen-bond donors (Lipinski definition) is 2. The van der Waals surface area contributed by atoms with Crippen LogP contribution in [0, 0.1) is 20.8 Å². The molecule has 152 valence electrons. The Labute approximate surface area is 176 Å². The average Bonchev–Trinajstić information content (AvgIpc) is 2.63. The number of halogens is 1. The highest BCUT2D eigenvalue weighted by molar-refractivity contribution is 7.98. The number of amides is 1. The van der Waals surface area contributed by atoms with Crippen LogP contribution < -0.4 is 15.4 Å². The van der Waals surface area contributed by atoms with Crippen LogP contribution in [-0.2, 0) is 0 Å². The number of anilines is 1. The third-order valence-corrected chi connectivity index (χ3v) is 5.37. The maximum absolute atomic E-state index is 12.7. The van der Waals surface area contributed by atoms with Crippen LogP contribution in [0.2, 0.25) is 5.02 Å². The summed E-state index contributed by atoms with van der Waals surface area (Å²) >= 11 is 7.90. The van der Waals surface area contributed by atoms with Gasteiger partial charge in [0.2, 0.25) is 5.88 Å². The number of ether oxygens (including phenoxy) is 1. The van der Waals surface area contributed by atoms with Crippen LogP contribution in [0.15, 0.2) is 18.2 Å². The molecule has 1 unspecified atom stereocenters. The summed E-state index contributed by atoms with van der Waals surface area (Å²) in [6, 6.07) is 5.81. The highest BCUT2D eigenvalue weighted by atomic mass is 35.5. The van der Waals surface area contributed by atoms with Crippen molar-refractivity contribution in [1.82, 2.24) is 10.3 Å².